The van der Waals surface area contributed by atoms with Crippen LogP contribution < -0.4 is 4.74 Å². The molecule has 0 aliphatic heterocycles. The quantitative estimate of drug-likeness (QED) is 0.698. The molecule has 0 radical (unpaired) electrons. The second-order valence-corrected chi connectivity index (χ2v) is 2.74. The molecule has 1 aromatic carbocycles. The molecule has 0 fully saturated rings. The summed E-state index contributed by atoms with van der Waals surface area (Å²) in [6.07, 6.45) is 0. The van der Waals surface area contributed by atoms with Crippen molar-refractivity contribution in [2.45, 2.75) is 12.8 Å². The highest BCUT2D eigenvalue weighted by molar-refractivity contribution is 5.34. The zero-order valence-electron chi connectivity index (χ0n) is 7.54. The summed E-state index contributed by atoms with van der Waals surface area (Å²) < 4.78 is 18.1. The summed E-state index contributed by atoms with van der Waals surface area (Å²) in [5.41, 5.74) is 0.377. The van der Waals surface area contributed by atoms with Gasteiger partial charge in [-0.15, -0.1) is 0 Å². The monoisotopic (exact) mass is 179 g/mol. The van der Waals surface area contributed by atoms with E-state index in [9.17, 15) is 4.39 Å². The molecule has 13 heavy (non-hydrogen) atoms. The highest BCUT2D eigenvalue weighted by Gasteiger charge is 2.10. The van der Waals surface area contributed by atoms with Crippen LogP contribution in [0.25, 0.3) is 0 Å². The second-order valence-electron chi connectivity index (χ2n) is 2.74. The normalized spacial score (nSPS) is 11.8. The fraction of sp³-hybridized carbons (Fsp3) is 0.300. The third kappa shape index (κ3) is 1.97. The van der Waals surface area contributed by atoms with E-state index in [0.717, 1.165) is 0 Å². The molecular weight excluding hydrogens is 169 g/mol. The number of hydrogen-bond acceptors (Lipinski definition) is 2. The van der Waals surface area contributed by atoms with Crippen molar-refractivity contribution in [2.24, 2.45) is 0 Å². The lowest BCUT2D eigenvalue weighted by molar-refractivity contribution is 0.412. The maximum absolute atomic E-state index is 13.1. The van der Waals surface area contributed by atoms with E-state index < -0.39 is 5.92 Å². The first-order valence-electron chi connectivity index (χ1n) is 3.92. The van der Waals surface area contributed by atoms with Crippen LogP contribution >= 0.6 is 0 Å². The minimum Gasteiger partial charge on any atom is -0.497 e. The van der Waals surface area contributed by atoms with Crippen LogP contribution in [0.1, 0.15) is 18.4 Å². The van der Waals surface area contributed by atoms with Crippen molar-refractivity contribution in [1.82, 2.24) is 0 Å². The van der Waals surface area contributed by atoms with E-state index in [4.69, 9.17) is 10.00 Å². The Bertz CT molecular complexity index is 343. The molecule has 0 aromatic heterocycles. The van der Waals surface area contributed by atoms with Gasteiger partial charge in [-0.3, -0.25) is 0 Å². The zero-order chi connectivity index (χ0) is 9.84. The average molecular weight is 179 g/mol. The number of nitrogens with zero attached hydrogens (tertiary/aromatic N) is 1. The van der Waals surface area contributed by atoms with Gasteiger partial charge >= 0.3 is 0 Å². The summed E-state index contributed by atoms with van der Waals surface area (Å²) in [6, 6.07) is 6.36. The minimum atomic E-state index is -0.449. The van der Waals surface area contributed by atoms with Gasteiger partial charge in [-0.05, 0) is 25.1 Å². The molecule has 1 atom stereocenters. The Morgan fingerprint density at radius 2 is 2.23 bits per heavy atom. The number of rotatable bonds is 2. The molecule has 3 heteroatoms. The summed E-state index contributed by atoms with van der Waals surface area (Å²) in [6.45, 7) is 1.65. The Hall–Kier alpha value is -1.56. The Morgan fingerprint density at radius 1 is 1.54 bits per heavy atom. The third-order valence-corrected chi connectivity index (χ3v) is 1.86. The standard InChI is InChI=1S/C10H10FNO/c1-7(6-12)9-5-8(13-2)3-4-10(9)11/h3-5,7H,1-2H3. The molecule has 0 saturated carbocycles. The summed E-state index contributed by atoms with van der Waals surface area (Å²) >= 11 is 0. The van der Waals surface area contributed by atoms with Gasteiger partial charge in [-0.25, -0.2) is 4.39 Å². The summed E-state index contributed by atoms with van der Waals surface area (Å²) in [4.78, 5) is 0. The lowest BCUT2D eigenvalue weighted by Crippen LogP contribution is -1.95. The molecule has 0 amide bonds. The maximum Gasteiger partial charge on any atom is 0.127 e. The van der Waals surface area contributed by atoms with Gasteiger partial charge < -0.3 is 4.74 Å². The summed E-state index contributed by atoms with van der Waals surface area (Å²) in [5, 5.41) is 8.62. The van der Waals surface area contributed by atoms with E-state index in [1.165, 1.54) is 19.2 Å². The number of methoxy groups -OCH3 is 1. The van der Waals surface area contributed by atoms with Crippen LogP contribution in [-0.4, -0.2) is 7.11 Å². The van der Waals surface area contributed by atoms with Gasteiger partial charge in [0.15, 0.2) is 0 Å². The molecule has 68 valence electrons. The summed E-state index contributed by atoms with van der Waals surface area (Å²) in [7, 11) is 1.51. The highest BCUT2D eigenvalue weighted by Crippen LogP contribution is 2.23. The van der Waals surface area contributed by atoms with Crippen LogP contribution in [0.4, 0.5) is 4.39 Å². The zero-order valence-corrected chi connectivity index (χ0v) is 7.54. The largest absolute Gasteiger partial charge is 0.497 e. The van der Waals surface area contributed by atoms with Gasteiger partial charge in [0.1, 0.15) is 11.6 Å². The molecule has 1 rings (SSSR count). The van der Waals surface area contributed by atoms with E-state index in [2.05, 4.69) is 0 Å². The smallest absolute Gasteiger partial charge is 0.127 e. The molecule has 1 unspecified atom stereocenters. The third-order valence-electron chi connectivity index (χ3n) is 1.86. The van der Waals surface area contributed by atoms with Crippen LogP contribution in [0.5, 0.6) is 5.75 Å². The maximum atomic E-state index is 13.1. The van der Waals surface area contributed by atoms with E-state index in [0.29, 0.717) is 11.3 Å². The van der Waals surface area contributed by atoms with Gasteiger partial charge in [0.2, 0.25) is 0 Å². The molecule has 0 heterocycles. The van der Waals surface area contributed by atoms with Crippen molar-refractivity contribution >= 4 is 0 Å². The fourth-order valence-electron chi connectivity index (χ4n) is 1.05. The first-order chi connectivity index (χ1) is 6.19. The molecule has 0 aliphatic carbocycles. The topological polar surface area (TPSA) is 33.0 Å². The van der Waals surface area contributed by atoms with Crippen molar-refractivity contribution in [1.29, 1.82) is 5.26 Å². The van der Waals surface area contributed by atoms with Crippen LogP contribution in [0.15, 0.2) is 18.2 Å². The first kappa shape index (κ1) is 9.53. The van der Waals surface area contributed by atoms with Crippen molar-refractivity contribution in [2.75, 3.05) is 7.11 Å². The average Bonchev–Trinajstić information content (AvgIpc) is 2.17. The molecular formula is C10H10FNO. The van der Waals surface area contributed by atoms with Gasteiger partial charge in [0, 0.05) is 5.56 Å². The lowest BCUT2D eigenvalue weighted by atomic mass is 10.0. The van der Waals surface area contributed by atoms with Crippen molar-refractivity contribution < 1.29 is 9.13 Å². The Labute approximate surface area is 76.6 Å². The van der Waals surface area contributed by atoms with Crippen molar-refractivity contribution in [3.8, 4) is 11.8 Å². The Kier molecular flexibility index (Phi) is 2.86. The molecule has 0 bridgehead atoms. The minimum absolute atomic E-state index is 0.366. The van der Waals surface area contributed by atoms with E-state index >= 15 is 0 Å². The Morgan fingerprint density at radius 3 is 2.77 bits per heavy atom. The van der Waals surface area contributed by atoms with E-state index in [1.54, 1.807) is 13.0 Å². The fourth-order valence-corrected chi connectivity index (χ4v) is 1.05. The number of ether oxygens (including phenoxy) is 1. The second kappa shape index (κ2) is 3.90. The molecule has 2 nitrogen and oxygen atoms in total. The van der Waals surface area contributed by atoms with Crippen molar-refractivity contribution in [3.63, 3.8) is 0 Å². The lowest BCUT2D eigenvalue weighted by Gasteiger charge is -2.06. The Balaban J connectivity index is 3.12. The highest BCUT2D eigenvalue weighted by atomic mass is 19.1. The van der Waals surface area contributed by atoms with Gasteiger partial charge in [-0.2, -0.15) is 5.26 Å². The number of benzene rings is 1. The van der Waals surface area contributed by atoms with Crippen LogP contribution in [0.3, 0.4) is 0 Å². The SMILES string of the molecule is COc1ccc(F)c(C(C)C#N)c1. The number of halogens is 1. The van der Waals surface area contributed by atoms with E-state index in [1.807, 2.05) is 6.07 Å². The van der Waals surface area contributed by atoms with E-state index in [-0.39, 0.29) is 5.82 Å². The van der Waals surface area contributed by atoms with Crippen LogP contribution in [0.2, 0.25) is 0 Å². The van der Waals surface area contributed by atoms with Gasteiger partial charge in [0.25, 0.3) is 0 Å². The number of nitriles is 1. The molecule has 0 aliphatic rings. The van der Waals surface area contributed by atoms with Gasteiger partial charge in [0.05, 0.1) is 19.1 Å². The van der Waals surface area contributed by atoms with Gasteiger partial charge in [-0.1, -0.05) is 0 Å². The predicted molar refractivity (Wildman–Crippen MR) is 47.0 cm³/mol. The van der Waals surface area contributed by atoms with Crippen molar-refractivity contribution in [3.05, 3.63) is 29.6 Å². The first-order valence-corrected chi connectivity index (χ1v) is 3.92. The molecule has 1 aromatic rings. The summed E-state index contributed by atoms with van der Waals surface area (Å²) in [5.74, 6) is -0.247. The molecule has 0 saturated heterocycles. The molecule has 0 N–H and O–H groups in total. The van der Waals surface area contributed by atoms with Crippen LogP contribution in [-0.2, 0) is 0 Å². The number of hydrogen-bond donors (Lipinski definition) is 0. The predicted octanol–water partition coefficient (Wildman–Crippen LogP) is 2.46. The van der Waals surface area contributed by atoms with Crippen LogP contribution in [0, 0.1) is 17.1 Å². The molecule has 0 spiro atoms.